The van der Waals surface area contributed by atoms with Gasteiger partial charge in [-0.3, -0.25) is 4.79 Å². The first kappa shape index (κ1) is 17.3. The first-order valence-electron chi connectivity index (χ1n) is 8.57. The number of ketones is 1. The molecule has 1 aliphatic carbocycles. The van der Waals surface area contributed by atoms with E-state index in [0.717, 1.165) is 18.4 Å². The van der Waals surface area contributed by atoms with E-state index < -0.39 is 24.0 Å². The summed E-state index contributed by atoms with van der Waals surface area (Å²) < 4.78 is 0. The first-order valence-corrected chi connectivity index (χ1v) is 8.57. The third-order valence-corrected chi connectivity index (χ3v) is 5.11. The minimum Gasteiger partial charge on any atom is -0.480 e. The largest absolute Gasteiger partial charge is 0.480 e. The Morgan fingerprint density at radius 2 is 1.52 bits per heavy atom. The Bertz CT molecular complexity index is 706. The second kappa shape index (κ2) is 6.74. The van der Waals surface area contributed by atoms with E-state index in [9.17, 15) is 24.6 Å². The molecule has 0 saturated carbocycles. The quantitative estimate of drug-likeness (QED) is 0.793. The van der Waals surface area contributed by atoms with Gasteiger partial charge < -0.3 is 20.0 Å². The summed E-state index contributed by atoms with van der Waals surface area (Å²) in [5.41, 5.74) is 1.76. The number of aliphatic carboxylic acids is 2. The average Bonchev–Trinajstić information content (AvgIpc) is 3.23. The number of hydrogen-bond acceptors (Lipinski definition) is 5. The summed E-state index contributed by atoms with van der Waals surface area (Å²) in [7, 11) is 0. The Kier molecular flexibility index (Phi) is 4.65. The van der Waals surface area contributed by atoms with Gasteiger partial charge in [0, 0.05) is 24.9 Å². The van der Waals surface area contributed by atoms with Crippen molar-refractivity contribution in [1.82, 2.24) is 9.80 Å². The van der Waals surface area contributed by atoms with Crippen LogP contribution in [-0.2, 0) is 14.4 Å². The summed E-state index contributed by atoms with van der Waals surface area (Å²) in [6, 6.07) is -1.30. The molecule has 0 aromatic heterocycles. The lowest BCUT2D eigenvalue weighted by atomic mass is 9.98. The highest BCUT2D eigenvalue weighted by Crippen LogP contribution is 2.33. The molecule has 2 unspecified atom stereocenters. The monoisotopic (exact) mass is 346 g/mol. The lowest BCUT2D eigenvalue weighted by molar-refractivity contribution is -0.142. The molecule has 2 saturated heterocycles. The van der Waals surface area contributed by atoms with Crippen LogP contribution in [0, 0.1) is 0 Å². The van der Waals surface area contributed by atoms with Crippen molar-refractivity contribution in [2.45, 2.75) is 44.7 Å². The summed E-state index contributed by atoms with van der Waals surface area (Å²) in [5.74, 6) is -2.07. The highest BCUT2D eigenvalue weighted by molar-refractivity contribution is 6.07. The van der Waals surface area contributed by atoms with Crippen LogP contribution in [0.1, 0.15) is 32.6 Å². The van der Waals surface area contributed by atoms with Crippen molar-refractivity contribution >= 4 is 17.7 Å². The van der Waals surface area contributed by atoms with E-state index in [1.54, 1.807) is 15.9 Å². The van der Waals surface area contributed by atoms with Gasteiger partial charge in [-0.2, -0.15) is 0 Å². The van der Waals surface area contributed by atoms with Crippen molar-refractivity contribution in [3.8, 4) is 0 Å². The predicted molar refractivity (Wildman–Crippen MR) is 89.7 cm³/mol. The molecule has 0 amide bonds. The van der Waals surface area contributed by atoms with Gasteiger partial charge in [-0.15, -0.1) is 0 Å². The SMILES string of the molecule is C/C=C1/C=C(N2CCCC2C(=O)O)C(=O)C=C1N1CCCC1C(=O)O. The molecular weight excluding hydrogens is 324 g/mol. The number of carboxylic acids is 2. The van der Waals surface area contributed by atoms with Gasteiger partial charge in [0.25, 0.3) is 0 Å². The standard InChI is InChI=1S/C18H22N2O5/c1-2-11-9-15(20-8-4-6-13(20)18(24)25)16(21)10-14(11)19-7-3-5-12(19)17(22)23/h2,9-10,12-13H,3-8H2,1H3,(H,22,23)(H,24,25)/b11-2-. The molecule has 2 aliphatic heterocycles. The van der Waals surface area contributed by atoms with Crippen LogP contribution in [0.2, 0.25) is 0 Å². The molecule has 2 heterocycles. The molecule has 0 bridgehead atoms. The van der Waals surface area contributed by atoms with Crippen LogP contribution >= 0.6 is 0 Å². The normalized spacial score (nSPS) is 28.4. The predicted octanol–water partition coefficient (Wildman–Crippen LogP) is 1.38. The maximum absolute atomic E-state index is 12.7. The third-order valence-electron chi connectivity index (χ3n) is 5.11. The molecule has 3 aliphatic rings. The summed E-state index contributed by atoms with van der Waals surface area (Å²) in [6.45, 7) is 2.96. The lowest BCUT2D eigenvalue weighted by Gasteiger charge is -2.32. The van der Waals surface area contributed by atoms with Crippen LogP contribution in [0.4, 0.5) is 0 Å². The zero-order valence-electron chi connectivity index (χ0n) is 14.1. The molecule has 2 N–H and O–H groups in total. The van der Waals surface area contributed by atoms with Crippen LogP contribution < -0.4 is 0 Å². The summed E-state index contributed by atoms with van der Waals surface area (Å²) in [6.07, 6.45) is 7.58. The minimum atomic E-state index is -0.923. The number of hydrogen-bond donors (Lipinski definition) is 2. The molecule has 25 heavy (non-hydrogen) atoms. The van der Waals surface area contributed by atoms with E-state index in [1.807, 2.05) is 13.0 Å². The Labute approximate surface area is 145 Å². The van der Waals surface area contributed by atoms with Crippen molar-refractivity contribution in [3.05, 3.63) is 35.2 Å². The van der Waals surface area contributed by atoms with E-state index in [-0.39, 0.29) is 5.78 Å². The van der Waals surface area contributed by atoms with Crippen molar-refractivity contribution in [1.29, 1.82) is 0 Å². The van der Waals surface area contributed by atoms with E-state index in [1.165, 1.54) is 6.08 Å². The summed E-state index contributed by atoms with van der Waals surface area (Å²) >= 11 is 0. The van der Waals surface area contributed by atoms with E-state index in [0.29, 0.717) is 37.3 Å². The molecule has 2 atom stereocenters. The Balaban J connectivity index is 1.91. The number of nitrogens with zero attached hydrogens (tertiary/aromatic N) is 2. The second-order valence-corrected chi connectivity index (χ2v) is 6.55. The lowest BCUT2D eigenvalue weighted by Crippen LogP contribution is -2.40. The van der Waals surface area contributed by atoms with E-state index >= 15 is 0 Å². The molecule has 0 spiro atoms. The van der Waals surface area contributed by atoms with Gasteiger partial charge in [0.1, 0.15) is 12.1 Å². The van der Waals surface area contributed by atoms with Crippen molar-refractivity contribution in [3.63, 3.8) is 0 Å². The van der Waals surface area contributed by atoms with Crippen LogP contribution in [0.15, 0.2) is 35.2 Å². The van der Waals surface area contributed by atoms with Crippen molar-refractivity contribution in [2.24, 2.45) is 0 Å². The van der Waals surface area contributed by atoms with Gasteiger partial charge in [0.05, 0.1) is 5.70 Å². The van der Waals surface area contributed by atoms with Crippen LogP contribution in [0.5, 0.6) is 0 Å². The van der Waals surface area contributed by atoms with Crippen LogP contribution in [0.3, 0.4) is 0 Å². The fraction of sp³-hybridized carbons (Fsp3) is 0.500. The van der Waals surface area contributed by atoms with Gasteiger partial charge in [0.15, 0.2) is 0 Å². The Hall–Kier alpha value is -2.57. The van der Waals surface area contributed by atoms with Gasteiger partial charge in [-0.1, -0.05) is 6.08 Å². The van der Waals surface area contributed by atoms with Gasteiger partial charge in [-0.05, 0) is 44.3 Å². The molecule has 134 valence electrons. The summed E-state index contributed by atoms with van der Waals surface area (Å²) in [4.78, 5) is 39.0. The molecule has 3 rings (SSSR count). The van der Waals surface area contributed by atoms with Crippen molar-refractivity contribution in [2.75, 3.05) is 13.1 Å². The highest BCUT2D eigenvalue weighted by atomic mass is 16.4. The second-order valence-electron chi connectivity index (χ2n) is 6.55. The number of likely N-dealkylation sites (tertiary alicyclic amines) is 2. The highest BCUT2D eigenvalue weighted by Gasteiger charge is 2.38. The van der Waals surface area contributed by atoms with E-state index in [2.05, 4.69) is 0 Å². The minimum absolute atomic E-state index is 0.259. The molecule has 7 nitrogen and oxygen atoms in total. The molecule has 0 aromatic carbocycles. The third kappa shape index (κ3) is 3.06. The number of carbonyl (C=O) groups excluding carboxylic acids is 1. The number of carbonyl (C=O) groups is 3. The van der Waals surface area contributed by atoms with Gasteiger partial charge in [0.2, 0.25) is 5.78 Å². The van der Waals surface area contributed by atoms with Gasteiger partial charge >= 0.3 is 11.9 Å². The topological polar surface area (TPSA) is 98.2 Å². The van der Waals surface area contributed by atoms with Crippen molar-refractivity contribution < 1.29 is 24.6 Å². The zero-order valence-corrected chi connectivity index (χ0v) is 14.1. The number of rotatable bonds is 4. The molecule has 2 fully saturated rings. The van der Waals surface area contributed by atoms with Gasteiger partial charge in [-0.25, -0.2) is 9.59 Å². The smallest absolute Gasteiger partial charge is 0.326 e. The number of allylic oxidation sites excluding steroid dienone is 3. The van der Waals surface area contributed by atoms with Crippen LogP contribution in [-0.4, -0.2) is 62.9 Å². The maximum Gasteiger partial charge on any atom is 0.326 e. The molecule has 0 radical (unpaired) electrons. The average molecular weight is 346 g/mol. The maximum atomic E-state index is 12.7. The zero-order chi connectivity index (χ0) is 18.1. The van der Waals surface area contributed by atoms with Crippen LogP contribution in [0.25, 0.3) is 0 Å². The fourth-order valence-electron chi connectivity index (χ4n) is 3.90. The summed E-state index contributed by atoms with van der Waals surface area (Å²) in [5, 5.41) is 18.8. The molecule has 7 heteroatoms. The number of carboxylic acid groups (broad SMARTS) is 2. The molecular formula is C18H22N2O5. The fourth-order valence-corrected chi connectivity index (χ4v) is 3.90. The van der Waals surface area contributed by atoms with E-state index in [4.69, 9.17) is 0 Å². The molecule has 0 aromatic rings. The first-order chi connectivity index (χ1) is 11.9. The Morgan fingerprint density at radius 1 is 1.00 bits per heavy atom. The Morgan fingerprint density at radius 3 is 2.00 bits per heavy atom.